The fourth-order valence-corrected chi connectivity index (χ4v) is 4.68. The average Bonchev–Trinajstić information content (AvgIpc) is 2.99. The van der Waals surface area contributed by atoms with Crippen molar-refractivity contribution in [1.29, 1.82) is 0 Å². The maximum absolute atomic E-state index is 12.2. The number of rotatable bonds is 9. The fourth-order valence-electron chi connectivity index (χ4n) is 2.92. The number of hydrogen-bond acceptors (Lipinski definition) is 6. The fraction of sp³-hybridized carbons (Fsp3) is 0.217. The number of carbonyl (C=O) groups excluding carboxylic acids is 1. The van der Waals surface area contributed by atoms with Crippen LogP contribution in [0.2, 0.25) is 0 Å². The summed E-state index contributed by atoms with van der Waals surface area (Å²) in [6, 6.07) is 11.6. The van der Waals surface area contributed by atoms with E-state index in [9.17, 15) is 4.79 Å². The molecule has 162 valence electrons. The molecule has 3 rings (SSSR count). The van der Waals surface area contributed by atoms with Crippen LogP contribution in [0, 0.1) is 0 Å². The third-order valence-electron chi connectivity index (χ3n) is 4.46. The van der Waals surface area contributed by atoms with E-state index >= 15 is 0 Å². The van der Waals surface area contributed by atoms with Crippen LogP contribution in [0.15, 0.2) is 58.4 Å². The van der Waals surface area contributed by atoms with Crippen LogP contribution in [0.4, 0.5) is 0 Å². The highest BCUT2D eigenvalue weighted by atomic mass is 79.9. The van der Waals surface area contributed by atoms with E-state index in [4.69, 9.17) is 26.4 Å². The number of halogens is 1. The number of thiocarbonyl (C=S) groups is 1. The number of likely N-dealkylation sites (N-methyl/N-ethyl adjacent to an activating group) is 1. The van der Waals surface area contributed by atoms with Gasteiger partial charge >= 0.3 is 0 Å². The molecule has 0 aromatic heterocycles. The first kappa shape index (κ1) is 23.4. The van der Waals surface area contributed by atoms with Gasteiger partial charge in [-0.1, -0.05) is 48.3 Å². The van der Waals surface area contributed by atoms with E-state index in [2.05, 4.69) is 22.5 Å². The van der Waals surface area contributed by atoms with Crippen molar-refractivity contribution in [3.05, 3.63) is 69.6 Å². The Hall–Kier alpha value is -2.29. The third kappa shape index (κ3) is 5.70. The number of ether oxygens (including phenoxy) is 3. The minimum absolute atomic E-state index is 0.112. The van der Waals surface area contributed by atoms with Gasteiger partial charge in [0.15, 0.2) is 11.5 Å². The molecule has 0 aliphatic carbocycles. The minimum atomic E-state index is -0.112. The van der Waals surface area contributed by atoms with Gasteiger partial charge in [-0.3, -0.25) is 9.69 Å². The maximum Gasteiger partial charge on any atom is 0.265 e. The lowest BCUT2D eigenvalue weighted by Gasteiger charge is -2.15. The van der Waals surface area contributed by atoms with Crippen molar-refractivity contribution in [1.82, 2.24) is 4.90 Å². The zero-order valence-corrected chi connectivity index (χ0v) is 20.4. The molecule has 1 saturated heterocycles. The lowest BCUT2D eigenvalue weighted by Crippen LogP contribution is -2.22. The molecule has 31 heavy (non-hydrogen) atoms. The third-order valence-corrected chi connectivity index (χ3v) is 6.53. The van der Waals surface area contributed by atoms with E-state index in [1.54, 1.807) is 20.2 Å². The van der Waals surface area contributed by atoms with Gasteiger partial charge in [0.25, 0.3) is 5.91 Å². The van der Waals surface area contributed by atoms with Gasteiger partial charge in [0.1, 0.15) is 23.3 Å². The van der Waals surface area contributed by atoms with Crippen molar-refractivity contribution >= 4 is 56.2 Å². The quantitative estimate of drug-likeness (QED) is 0.189. The number of amides is 1. The highest BCUT2D eigenvalue weighted by Crippen LogP contribution is 2.39. The first-order valence-corrected chi connectivity index (χ1v) is 11.5. The molecule has 0 unspecified atom stereocenters. The number of para-hydroxylation sites is 1. The number of hydrogen-bond donors (Lipinski definition) is 0. The van der Waals surface area contributed by atoms with Gasteiger partial charge in [0.05, 0.1) is 16.5 Å². The van der Waals surface area contributed by atoms with E-state index in [-0.39, 0.29) is 5.91 Å². The molecule has 5 nitrogen and oxygen atoms in total. The SMILES string of the molecule is C=CCc1ccccc1OCCOc1c(Br)cc(/C=C2/SC(=S)N(C)C2=O)cc1OC. The monoisotopic (exact) mass is 519 g/mol. The Morgan fingerprint density at radius 2 is 1.94 bits per heavy atom. The Kier molecular flexibility index (Phi) is 8.17. The molecule has 0 N–H and O–H groups in total. The zero-order valence-electron chi connectivity index (χ0n) is 17.2. The van der Waals surface area contributed by atoms with Crippen LogP contribution in [-0.4, -0.2) is 42.5 Å². The Morgan fingerprint density at radius 3 is 2.61 bits per heavy atom. The van der Waals surface area contributed by atoms with Crippen LogP contribution >= 0.6 is 39.9 Å². The zero-order chi connectivity index (χ0) is 22.4. The molecule has 0 spiro atoms. The number of allylic oxidation sites excluding steroid dienone is 1. The number of benzene rings is 2. The van der Waals surface area contributed by atoms with Crippen molar-refractivity contribution in [2.45, 2.75) is 6.42 Å². The first-order valence-electron chi connectivity index (χ1n) is 9.48. The number of methoxy groups -OCH3 is 1. The topological polar surface area (TPSA) is 48.0 Å². The molecule has 1 heterocycles. The summed E-state index contributed by atoms with van der Waals surface area (Å²) in [5.74, 6) is 1.84. The van der Waals surface area contributed by atoms with E-state index < -0.39 is 0 Å². The number of carbonyl (C=O) groups is 1. The van der Waals surface area contributed by atoms with Gasteiger partial charge in [-0.05, 0) is 57.8 Å². The summed E-state index contributed by atoms with van der Waals surface area (Å²) in [6.07, 6.45) is 4.38. The Morgan fingerprint density at radius 1 is 1.19 bits per heavy atom. The molecule has 1 fully saturated rings. The standard InChI is InChI=1S/C23H22BrNO4S2/c1-4-7-16-8-5-6-9-18(16)28-10-11-29-21-17(24)12-15(13-19(21)27-3)14-20-22(26)25(2)23(30)31-20/h4-6,8-9,12-14H,1,7,10-11H2,2-3H3/b20-14+. The smallest absolute Gasteiger partial charge is 0.265 e. The van der Waals surface area contributed by atoms with Gasteiger partial charge < -0.3 is 14.2 Å². The normalized spacial score (nSPS) is 14.8. The number of thioether (sulfide) groups is 1. The van der Waals surface area contributed by atoms with Crippen LogP contribution < -0.4 is 14.2 Å². The molecule has 1 aliphatic heterocycles. The summed E-state index contributed by atoms with van der Waals surface area (Å²) in [7, 11) is 3.25. The molecule has 1 amide bonds. The summed E-state index contributed by atoms with van der Waals surface area (Å²) in [5, 5.41) is 0. The molecule has 0 bridgehead atoms. The van der Waals surface area contributed by atoms with Crippen molar-refractivity contribution in [2.75, 3.05) is 27.4 Å². The van der Waals surface area contributed by atoms with Crippen LogP contribution in [0.5, 0.6) is 17.2 Å². The second-order valence-corrected chi connectivity index (χ2v) is 9.10. The van der Waals surface area contributed by atoms with E-state index in [1.807, 2.05) is 42.5 Å². The van der Waals surface area contributed by atoms with Gasteiger partial charge in [-0.25, -0.2) is 0 Å². The summed E-state index contributed by atoms with van der Waals surface area (Å²) in [6.45, 7) is 4.50. The lowest BCUT2D eigenvalue weighted by atomic mass is 10.1. The molecule has 0 radical (unpaired) electrons. The van der Waals surface area contributed by atoms with Crippen LogP contribution in [0.25, 0.3) is 6.08 Å². The molecule has 0 atom stereocenters. The number of nitrogens with zero attached hydrogens (tertiary/aromatic N) is 1. The summed E-state index contributed by atoms with van der Waals surface area (Å²) < 4.78 is 18.6. The van der Waals surface area contributed by atoms with Crippen molar-refractivity contribution < 1.29 is 19.0 Å². The van der Waals surface area contributed by atoms with Crippen LogP contribution in [-0.2, 0) is 11.2 Å². The molecule has 8 heteroatoms. The maximum atomic E-state index is 12.2. The van der Waals surface area contributed by atoms with Crippen molar-refractivity contribution in [2.24, 2.45) is 0 Å². The summed E-state index contributed by atoms with van der Waals surface area (Å²) in [5.41, 5.74) is 1.89. The molecular formula is C23H22BrNO4S2. The largest absolute Gasteiger partial charge is 0.493 e. The lowest BCUT2D eigenvalue weighted by molar-refractivity contribution is -0.121. The van der Waals surface area contributed by atoms with E-state index in [1.165, 1.54) is 16.7 Å². The predicted octanol–water partition coefficient (Wildman–Crippen LogP) is 5.48. The van der Waals surface area contributed by atoms with Gasteiger partial charge in [-0.2, -0.15) is 0 Å². The molecule has 2 aromatic rings. The molecule has 2 aromatic carbocycles. The first-order chi connectivity index (χ1) is 14.9. The average molecular weight is 520 g/mol. The van der Waals surface area contributed by atoms with Crippen molar-refractivity contribution in [3.8, 4) is 17.2 Å². The highest BCUT2D eigenvalue weighted by Gasteiger charge is 2.28. The Balaban J connectivity index is 1.68. The van der Waals surface area contributed by atoms with E-state index in [0.717, 1.165) is 27.8 Å². The van der Waals surface area contributed by atoms with Crippen molar-refractivity contribution in [3.63, 3.8) is 0 Å². The Labute approximate surface area is 200 Å². The highest BCUT2D eigenvalue weighted by molar-refractivity contribution is 9.10. The minimum Gasteiger partial charge on any atom is -0.493 e. The van der Waals surface area contributed by atoms with Gasteiger partial charge in [-0.15, -0.1) is 6.58 Å². The molecule has 0 saturated carbocycles. The summed E-state index contributed by atoms with van der Waals surface area (Å²) in [4.78, 5) is 14.3. The van der Waals surface area contributed by atoms with Gasteiger partial charge in [0.2, 0.25) is 0 Å². The predicted molar refractivity (Wildman–Crippen MR) is 133 cm³/mol. The van der Waals surface area contributed by atoms with E-state index in [0.29, 0.717) is 33.9 Å². The molecule has 1 aliphatic rings. The second-order valence-electron chi connectivity index (χ2n) is 6.57. The second kappa shape index (κ2) is 10.8. The van der Waals surface area contributed by atoms with Crippen LogP contribution in [0.1, 0.15) is 11.1 Å². The molecular weight excluding hydrogens is 498 g/mol. The van der Waals surface area contributed by atoms with Gasteiger partial charge in [0, 0.05) is 7.05 Å². The van der Waals surface area contributed by atoms with Crippen LogP contribution in [0.3, 0.4) is 0 Å². The summed E-state index contributed by atoms with van der Waals surface area (Å²) >= 11 is 10.0. The Bertz CT molecular complexity index is 1040.